The molecule has 4 N–H and O–H groups in total. The van der Waals surface area contributed by atoms with Crippen LogP contribution in [0, 0.1) is 0 Å². The van der Waals surface area contributed by atoms with Gasteiger partial charge in [0.15, 0.2) is 0 Å². The molecule has 1 fully saturated rings. The van der Waals surface area contributed by atoms with E-state index in [4.69, 9.17) is 5.73 Å². The Bertz CT molecular complexity index is 938. The fourth-order valence-corrected chi connectivity index (χ4v) is 3.71. The second-order valence-electron chi connectivity index (χ2n) is 6.97. The van der Waals surface area contributed by atoms with Crippen LogP contribution >= 0.6 is 0 Å². The highest BCUT2D eigenvalue weighted by Crippen LogP contribution is 2.32. The molecule has 0 radical (unpaired) electrons. The van der Waals surface area contributed by atoms with Gasteiger partial charge in [0.05, 0.1) is 12.0 Å². The van der Waals surface area contributed by atoms with E-state index in [0.29, 0.717) is 38.2 Å². The second-order valence-corrected chi connectivity index (χ2v) is 6.97. The minimum Gasteiger partial charge on any atom is -0.383 e. The monoisotopic (exact) mass is 382 g/mol. The molecule has 1 aromatic carbocycles. The number of nitrogens with two attached hydrogens (primary N) is 1. The van der Waals surface area contributed by atoms with Gasteiger partial charge >= 0.3 is 0 Å². The maximum absolute atomic E-state index is 12.8. The third-order valence-corrected chi connectivity index (χ3v) is 5.16. The maximum atomic E-state index is 12.8. The van der Waals surface area contributed by atoms with Gasteiger partial charge in [-0.15, -0.1) is 0 Å². The van der Waals surface area contributed by atoms with Crippen molar-refractivity contribution in [1.82, 2.24) is 19.8 Å². The molecular formula is C19H22N6O3. The lowest BCUT2D eigenvalue weighted by atomic mass is 10.0. The first-order valence-electron chi connectivity index (χ1n) is 9.28. The van der Waals surface area contributed by atoms with Crippen LogP contribution in [0.15, 0.2) is 30.7 Å². The third-order valence-electron chi connectivity index (χ3n) is 5.16. The van der Waals surface area contributed by atoms with Gasteiger partial charge in [0, 0.05) is 55.6 Å². The zero-order valence-corrected chi connectivity index (χ0v) is 15.4. The number of nitrogens with zero attached hydrogens (tertiary/aromatic N) is 3. The molecule has 3 heterocycles. The zero-order valence-electron chi connectivity index (χ0n) is 15.4. The Balaban J connectivity index is 1.45. The molecule has 0 aliphatic carbocycles. The van der Waals surface area contributed by atoms with Crippen LogP contribution in [-0.4, -0.2) is 44.8 Å². The van der Waals surface area contributed by atoms with Crippen LogP contribution in [0.25, 0.3) is 0 Å². The number of nitrogens with one attached hydrogen (secondary N) is 2. The van der Waals surface area contributed by atoms with Crippen LogP contribution < -0.4 is 16.4 Å². The fraction of sp³-hybridized carbons (Fsp3) is 0.368. The number of fused-ring (bicyclic) bond motifs is 1. The number of imide groups is 1. The van der Waals surface area contributed by atoms with E-state index in [1.54, 1.807) is 17.3 Å². The Morgan fingerprint density at radius 3 is 2.89 bits per heavy atom. The highest BCUT2D eigenvalue weighted by molar-refractivity contribution is 6.06. The predicted octanol–water partition coefficient (Wildman–Crippen LogP) is 0.215. The third kappa shape index (κ3) is 3.36. The van der Waals surface area contributed by atoms with Crippen molar-refractivity contribution in [3.8, 4) is 0 Å². The van der Waals surface area contributed by atoms with E-state index in [1.807, 2.05) is 22.9 Å². The highest BCUT2D eigenvalue weighted by atomic mass is 16.2. The SMILES string of the molecule is NCc1cn(CCNc2cccc3c2CN(C2CCC(=O)NC2=O)C3=O)cn1. The highest BCUT2D eigenvalue weighted by Gasteiger charge is 2.39. The van der Waals surface area contributed by atoms with Gasteiger partial charge < -0.3 is 20.5 Å². The van der Waals surface area contributed by atoms with E-state index in [1.165, 1.54) is 0 Å². The first-order valence-corrected chi connectivity index (χ1v) is 9.28. The summed E-state index contributed by atoms with van der Waals surface area (Å²) in [6.45, 7) is 2.13. The van der Waals surface area contributed by atoms with Crippen LogP contribution in [0.4, 0.5) is 5.69 Å². The number of hydrogen-bond donors (Lipinski definition) is 3. The molecule has 1 atom stereocenters. The van der Waals surface area contributed by atoms with E-state index in [2.05, 4.69) is 15.6 Å². The van der Waals surface area contributed by atoms with E-state index >= 15 is 0 Å². The number of aromatic nitrogens is 2. The Hall–Kier alpha value is -3.20. The van der Waals surface area contributed by atoms with Gasteiger partial charge in [0.25, 0.3) is 5.91 Å². The molecule has 2 aromatic rings. The molecule has 2 aliphatic heterocycles. The molecular weight excluding hydrogens is 360 g/mol. The minimum atomic E-state index is -0.605. The van der Waals surface area contributed by atoms with Crippen molar-refractivity contribution in [2.45, 2.75) is 38.5 Å². The van der Waals surface area contributed by atoms with E-state index in [9.17, 15) is 14.4 Å². The van der Waals surface area contributed by atoms with Crippen molar-refractivity contribution in [2.24, 2.45) is 5.73 Å². The molecule has 28 heavy (non-hydrogen) atoms. The Morgan fingerprint density at radius 1 is 1.29 bits per heavy atom. The molecule has 1 saturated heterocycles. The number of carbonyl (C=O) groups excluding carboxylic acids is 3. The minimum absolute atomic E-state index is 0.171. The topological polar surface area (TPSA) is 122 Å². The van der Waals surface area contributed by atoms with Gasteiger partial charge in [0.2, 0.25) is 11.8 Å². The largest absolute Gasteiger partial charge is 0.383 e. The zero-order chi connectivity index (χ0) is 19.7. The number of carbonyl (C=O) groups is 3. The standard InChI is InChI=1S/C19H22N6O3/c20-8-12-9-24(11-22-12)7-6-21-15-3-1-2-13-14(15)10-25(19(13)28)16-4-5-17(26)23-18(16)27/h1-3,9,11,16,21H,4-8,10,20H2,(H,23,26,27). The van der Waals surface area contributed by atoms with Crippen LogP contribution in [0.1, 0.15) is 34.5 Å². The first-order chi connectivity index (χ1) is 13.6. The normalized spacial score (nSPS) is 19.0. The number of amides is 3. The molecule has 146 valence electrons. The fourth-order valence-electron chi connectivity index (χ4n) is 3.71. The summed E-state index contributed by atoms with van der Waals surface area (Å²) >= 11 is 0. The number of anilines is 1. The van der Waals surface area contributed by atoms with E-state index in [-0.39, 0.29) is 18.2 Å². The molecule has 0 bridgehead atoms. The van der Waals surface area contributed by atoms with Crippen LogP contribution in [-0.2, 0) is 29.2 Å². The number of rotatable bonds is 6. The first kappa shape index (κ1) is 18.2. The van der Waals surface area contributed by atoms with Gasteiger partial charge in [-0.3, -0.25) is 19.7 Å². The van der Waals surface area contributed by atoms with E-state index < -0.39 is 11.9 Å². The van der Waals surface area contributed by atoms with Crippen molar-refractivity contribution in [3.05, 3.63) is 47.5 Å². The summed E-state index contributed by atoms with van der Waals surface area (Å²) in [5.74, 6) is -0.858. The molecule has 3 amide bonds. The van der Waals surface area contributed by atoms with Gasteiger partial charge in [-0.05, 0) is 18.6 Å². The van der Waals surface area contributed by atoms with Gasteiger partial charge in [0.1, 0.15) is 6.04 Å². The Morgan fingerprint density at radius 2 is 2.14 bits per heavy atom. The Kier molecular flexibility index (Phi) is 4.82. The van der Waals surface area contributed by atoms with Crippen molar-refractivity contribution in [3.63, 3.8) is 0 Å². The molecule has 9 nitrogen and oxygen atoms in total. The maximum Gasteiger partial charge on any atom is 0.255 e. The Labute approximate surface area is 161 Å². The number of imidazole rings is 1. The lowest BCUT2D eigenvalue weighted by molar-refractivity contribution is -0.136. The van der Waals surface area contributed by atoms with Crippen molar-refractivity contribution >= 4 is 23.4 Å². The molecule has 4 rings (SSSR count). The van der Waals surface area contributed by atoms with Gasteiger partial charge in [-0.25, -0.2) is 4.98 Å². The summed E-state index contributed by atoms with van der Waals surface area (Å²) in [5.41, 5.74) is 8.77. The van der Waals surface area contributed by atoms with Crippen molar-refractivity contribution in [1.29, 1.82) is 0 Å². The van der Waals surface area contributed by atoms with Crippen LogP contribution in [0.5, 0.6) is 0 Å². The smallest absolute Gasteiger partial charge is 0.255 e. The van der Waals surface area contributed by atoms with Crippen LogP contribution in [0.3, 0.4) is 0 Å². The van der Waals surface area contributed by atoms with Crippen LogP contribution in [0.2, 0.25) is 0 Å². The van der Waals surface area contributed by atoms with Gasteiger partial charge in [-0.1, -0.05) is 6.07 Å². The molecule has 0 spiro atoms. The molecule has 0 saturated carbocycles. The average molecular weight is 382 g/mol. The van der Waals surface area contributed by atoms with Crippen molar-refractivity contribution < 1.29 is 14.4 Å². The lowest BCUT2D eigenvalue weighted by Crippen LogP contribution is -2.52. The van der Waals surface area contributed by atoms with Crippen molar-refractivity contribution in [2.75, 3.05) is 11.9 Å². The summed E-state index contributed by atoms with van der Waals surface area (Å²) in [6, 6.07) is 4.93. The summed E-state index contributed by atoms with van der Waals surface area (Å²) in [6.07, 6.45) is 4.26. The quantitative estimate of drug-likeness (QED) is 0.614. The van der Waals surface area contributed by atoms with Gasteiger partial charge in [-0.2, -0.15) is 0 Å². The lowest BCUT2D eigenvalue weighted by Gasteiger charge is -2.29. The van der Waals surface area contributed by atoms with E-state index in [0.717, 1.165) is 16.9 Å². The number of piperidine rings is 1. The molecule has 2 aliphatic rings. The summed E-state index contributed by atoms with van der Waals surface area (Å²) in [5, 5.41) is 5.69. The molecule has 1 unspecified atom stereocenters. The predicted molar refractivity (Wildman–Crippen MR) is 101 cm³/mol. The summed E-state index contributed by atoms with van der Waals surface area (Å²) < 4.78 is 1.96. The summed E-state index contributed by atoms with van der Waals surface area (Å²) in [7, 11) is 0. The number of benzene rings is 1. The number of hydrogen-bond acceptors (Lipinski definition) is 6. The average Bonchev–Trinajstić information content (AvgIpc) is 3.27. The molecule has 1 aromatic heterocycles. The second kappa shape index (κ2) is 7.43. The summed E-state index contributed by atoms with van der Waals surface area (Å²) in [4.78, 5) is 42.1. The molecule has 9 heteroatoms.